The lowest BCUT2D eigenvalue weighted by Crippen LogP contribution is -1.86. The summed E-state index contributed by atoms with van der Waals surface area (Å²) < 4.78 is 2.69. The van der Waals surface area contributed by atoms with Gasteiger partial charge in [-0.15, -0.1) is 11.3 Å². The second-order valence-electron chi connectivity index (χ2n) is 10.3. The van der Waals surface area contributed by atoms with Gasteiger partial charge in [0.15, 0.2) is 0 Å². The number of hydrogen-bond donors (Lipinski definition) is 1. The number of nitrogens with two attached hydrogens (primary N) is 1. The van der Waals surface area contributed by atoms with E-state index in [1.54, 1.807) is 6.20 Å². The van der Waals surface area contributed by atoms with E-state index in [2.05, 4.69) is 127 Å². The zero-order chi connectivity index (χ0) is 27.8. The van der Waals surface area contributed by atoms with E-state index < -0.39 is 0 Å². The Kier molecular flexibility index (Phi) is 6.47. The van der Waals surface area contributed by atoms with Crippen molar-refractivity contribution < 1.29 is 0 Å². The standard InChI is InChI=1S/C39H29NS/c1-2-10-26(15-9-22-40)27-11-7-12-28(23-27)29-13-8-14-30(24-29)31-20-21-36-37(25-31)41-39-35-19-6-4-17-33(35)32-16-3-5-18-34(32)38(36)39/h2-25H,40H2,1H3/b10-2+,22-9-,26-15+. The Morgan fingerprint density at radius 1 is 0.610 bits per heavy atom. The molecule has 0 aliphatic carbocycles. The minimum atomic E-state index is 1.13. The highest BCUT2D eigenvalue weighted by atomic mass is 32.1. The highest BCUT2D eigenvalue weighted by Gasteiger charge is 2.14. The van der Waals surface area contributed by atoms with Gasteiger partial charge in [0.05, 0.1) is 0 Å². The van der Waals surface area contributed by atoms with Crippen molar-refractivity contribution in [3.8, 4) is 22.3 Å². The topological polar surface area (TPSA) is 26.0 Å². The van der Waals surface area contributed by atoms with Gasteiger partial charge in [-0.05, 0) is 86.9 Å². The fourth-order valence-electron chi connectivity index (χ4n) is 5.93. The number of benzene rings is 6. The molecule has 0 bridgehead atoms. The minimum Gasteiger partial charge on any atom is -0.405 e. The maximum Gasteiger partial charge on any atom is 0.0440 e. The van der Waals surface area contributed by atoms with E-state index in [0.29, 0.717) is 0 Å². The van der Waals surface area contributed by atoms with E-state index in [0.717, 1.165) is 11.1 Å². The van der Waals surface area contributed by atoms with E-state index in [1.165, 1.54) is 64.0 Å². The summed E-state index contributed by atoms with van der Waals surface area (Å²) in [4.78, 5) is 0. The molecule has 2 N–H and O–H groups in total. The largest absolute Gasteiger partial charge is 0.405 e. The van der Waals surface area contributed by atoms with Crippen molar-refractivity contribution in [3.05, 3.63) is 151 Å². The van der Waals surface area contributed by atoms with Crippen LogP contribution in [-0.4, -0.2) is 0 Å². The van der Waals surface area contributed by atoms with Crippen molar-refractivity contribution in [1.82, 2.24) is 0 Å². The van der Waals surface area contributed by atoms with Crippen LogP contribution in [0.15, 0.2) is 146 Å². The fraction of sp³-hybridized carbons (Fsp3) is 0.0256. The smallest absolute Gasteiger partial charge is 0.0440 e. The average molecular weight is 544 g/mol. The Bertz CT molecular complexity index is 2170. The molecule has 0 aliphatic heterocycles. The predicted molar refractivity (Wildman–Crippen MR) is 181 cm³/mol. The van der Waals surface area contributed by atoms with Crippen LogP contribution < -0.4 is 5.73 Å². The van der Waals surface area contributed by atoms with E-state index in [4.69, 9.17) is 5.73 Å². The van der Waals surface area contributed by atoms with Gasteiger partial charge in [-0.3, -0.25) is 0 Å². The van der Waals surface area contributed by atoms with Crippen LogP contribution in [0.2, 0.25) is 0 Å². The molecule has 1 aromatic heterocycles. The summed E-state index contributed by atoms with van der Waals surface area (Å²) in [5.74, 6) is 0. The first-order valence-corrected chi connectivity index (χ1v) is 14.7. The van der Waals surface area contributed by atoms with Gasteiger partial charge in [-0.25, -0.2) is 0 Å². The fourth-order valence-corrected chi connectivity index (χ4v) is 7.22. The molecule has 0 atom stereocenters. The average Bonchev–Trinajstić information content (AvgIpc) is 3.43. The molecule has 7 rings (SSSR count). The molecule has 1 heterocycles. The summed E-state index contributed by atoms with van der Waals surface area (Å²) in [7, 11) is 0. The maximum atomic E-state index is 5.60. The first-order valence-electron chi connectivity index (χ1n) is 13.9. The van der Waals surface area contributed by atoms with Crippen molar-refractivity contribution in [3.63, 3.8) is 0 Å². The molecule has 2 heteroatoms. The van der Waals surface area contributed by atoms with Gasteiger partial charge in [0.2, 0.25) is 0 Å². The molecule has 0 unspecified atom stereocenters. The van der Waals surface area contributed by atoms with Gasteiger partial charge in [-0.2, -0.15) is 0 Å². The molecule has 6 aromatic carbocycles. The molecule has 0 saturated heterocycles. The zero-order valence-corrected chi connectivity index (χ0v) is 23.7. The summed E-state index contributed by atoms with van der Waals surface area (Å²) in [6.07, 6.45) is 9.65. The third-order valence-electron chi connectivity index (χ3n) is 7.81. The SMILES string of the molecule is C/C=C/C(=C\C=C/N)c1cccc(-c2cccc(-c3ccc4c(c3)sc3c5ccccc5c5ccccc5c43)c2)c1. The van der Waals surface area contributed by atoms with Gasteiger partial charge < -0.3 is 5.73 Å². The quantitative estimate of drug-likeness (QED) is 0.170. The Labute approximate surface area is 244 Å². The van der Waals surface area contributed by atoms with Crippen molar-refractivity contribution in [1.29, 1.82) is 0 Å². The van der Waals surface area contributed by atoms with Crippen molar-refractivity contribution in [2.24, 2.45) is 5.73 Å². The highest BCUT2D eigenvalue weighted by molar-refractivity contribution is 7.27. The van der Waals surface area contributed by atoms with Crippen LogP contribution in [0.25, 0.3) is 69.5 Å². The van der Waals surface area contributed by atoms with Crippen LogP contribution in [0.3, 0.4) is 0 Å². The summed E-state index contributed by atoms with van der Waals surface area (Å²) in [5, 5.41) is 8.00. The first-order chi connectivity index (χ1) is 20.2. The van der Waals surface area contributed by atoms with Crippen LogP contribution >= 0.6 is 11.3 Å². The molecule has 0 fully saturated rings. The van der Waals surface area contributed by atoms with E-state index in [1.807, 2.05) is 30.4 Å². The normalized spacial score (nSPS) is 12.6. The molecule has 0 aliphatic rings. The number of fused-ring (bicyclic) bond motifs is 8. The lowest BCUT2D eigenvalue weighted by atomic mass is 9.95. The van der Waals surface area contributed by atoms with Crippen molar-refractivity contribution in [2.75, 3.05) is 0 Å². The van der Waals surface area contributed by atoms with Crippen molar-refractivity contribution in [2.45, 2.75) is 6.92 Å². The number of thiophene rings is 1. The third kappa shape index (κ3) is 4.43. The van der Waals surface area contributed by atoms with E-state index in [9.17, 15) is 0 Å². The molecule has 0 radical (unpaired) electrons. The maximum absolute atomic E-state index is 5.60. The molecule has 0 spiro atoms. The zero-order valence-electron chi connectivity index (χ0n) is 22.8. The van der Waals surface area contributed by atoms with Gasteiger partial charge in [-0.1, -0.05) is 115 Å². The van der Waals surface area contributed by atoms with Gasteiger partial charge in [0.1, 0.15) is 0 Å². The van der Waals surface area contributed by atoms with E-state index in [-0.39, 0.29) is 0 Å². The lowest BCUT2D eigenvalue weighted by Gasteiger charge is -2.09. The summed E-state index contributed by atoms with van der Waals surface area (Å²) in [5.41, 5.74) is 12.7. The van der Waals surface area contributed by atoms with Crippen LogP contribution in [-0.2, 0) is 0 Å². The predicted octanol–water partition coefficient (Wildman–Crippen LogP) is 11.1. The Balaban J connectivity index is 1.35. The summed E-state index contributed by atoms with van der Waals surface area (Å²) in [6.45, 7) is 2.03. The lowest BCUT2D eigenvalue weighted by molar-refractivity contribution is 1.56. The third-order valence-corrected chi connectivity index (χ3v) is 8.99. The first kappa shape index (κ1) is 25.1. The molecule has 1 nitrogen and oxygen atoms in total. The van der Waals surface area contributed by atoms with Crippen molar-refractivity contribution >= 4 is 58.6 Å². The molecule has 196 valence electrons. The number of hydrogen-bond acceptors (Lipinski definition) is 2. The molecule has 7 aromatic rings. The second-order valence-corrected chi connectivity index (χ2v) is 11.3. The van der Waals surface area contributed by atoms with Crippen LogP contribution in [0.1, 0.15) is 12.5 Å². The Hall–Kier alpha value is -4.92. The number of rotatable bonds is 5. The molecule has 41 heavy (non-hydrogen) atoms. The van der Waals surface area contributed by atoms with Crippen LogP contribution in [0.5, 0.6) is 0 Å². The second kappa shape index (κ2) is 10.6. The molecular weight excluding hydrogens is 515 g/mol. The minimum absolute atomic E-state index is 1.13. The number of allylic oxidation sites excluding steroid dienone is 5. The van der Waals surface area contributed by atoms with Gasteiger partial charge >= 0.3 is 0 Å². The van der Waals surface area contributed by atoms with Gasteiger partial charge in [0, 0.05) is 25.6 Å². The molecule has 0 saturated carbocycles. The van der Waals surface area contributed by atoms with Crippen LogP contribution in [0.4, 0.5) is 0 Å². The molecule has 0 amide bonds. The monoisotopic (exact) mass is 543 g/mol. The Morgan fingerprint density at radius 2 is 1.24 bits per heavy atom. The van der Waals surface area contributed by atoms with Crippen LogP contribution in [0, 0.1) is 0 Å². The summed E-state index contributed by atoms with van der Waals surface area (Å²) in [6, 6.07) is 42.2. The Morgan fingerprint density at radius 3 is 1.98 bits per heavy atom. The van der Waals surface area contributed by atoms with Gasteiger partial charge in [0.25, 0.3) is 0 Å². The molecular formula is C39H29NS. The summed E-state index contributed by atoms with van der Waals surface area (Å²) >= 11 is 1.90. The van der Waals surface area contributed by atoms with E-state index >= 15 is 0 Å². The highest BCUT2D eigenvalue weighted by Crippen LogP contribution is 2.44.